The standard InChI is InChI=1S/C15H17FN6O2S/c1-21-15(18-19-20-21)25-6-5-17-14(24)10-7-13(23)22(9-10)12-4-2-3-11(16)8-12/h2-4,8,10H,5-7,9H2,1H3,(H,17,24). The number of hydrogen-bond acceptors (Lipinski definition) is 6. The van der Waals surface area contributed by atoms with E-state index in [1.165, 1.54) is 28.8 Å². The summed E-state index contributed by atoms with van der Waals surface area (Å²) >= 11 is 1.43. The third-order valence-electron chi connectivity index (χ3n) is 3.83. The molecule has 0 radical (unpaired) electrons. The minimum atomic E-state index is -0.433. The molecule has 25 heavy (non-hydrogen) atoms. The van der Waals surface area contributed by atoms with E-state index in [4.69, 9.17) is 0 Å². The Kier molecular flexibility index (Phi) is 5.27. The van der Waals surface area contributed by atoms with E-state index < -0.39 is 11.7 Å². The number of nitrogens with one attached hydrogen (secondary N) is 1. The molecule has 2 amide bonds. The number of nitrogens with zero attached hydrogens (tertiary/aromatic N) is 5. The number of amides is 2. The Morgan fingerprint density at radius 2 is 2.32 bits per heavy atom. The molecule has 1 unspecified atom stereocenters. The summed E-state index contributed by atoms with van der Waals surface area (Å²) in [6, 6.07) is 5.82. The van der Waals surface area contributed by atoms with Gasteiger partial charge in [-0.3, -0.25) is 9.59 Å². The zero-order chi connectivity index (χ0) is 17.8. The molecule has 0 aliphatic carbocycles. The van der Waals surface area contributed by atoms with Gasteiger partial charge in [0.1, 0.15) is 5.82 Å². The molecular weight excluding hydrogens is 347 g/mol. The normalized spacial score (nSPS) is 17.1. The fourth-order valence-corrected chi connectivity index (χ4v) is 3.29. The minimum absolute atomic E-state index is 0.128. The summed E-state index contributed by atoms with van der Waals surface area (Å²) in [5.41, 5.74) is 0.477. The Morgan fingerprint density at radius 3 is 3.04 bits per heavy atom. The van der Waals surface area contributed by atoms with Crippen molar-refractivity contribution in [2.24, 2.45) is 13.0 Å². The van der Waals surface area contributed by atoms with Gasteiger partial charge < -0.3 is 10.2 Å². The summed E-state index contributed by atoms with van der Waals surface area (Å²) in [5.74, 6) is -0.575. The molecule has 1 aliphatic rings. The third kappa shape index (κ3) is 4.13. The first-order chi connectivity index (χ1) is 12.0. The van der Waals surface area contributed by atoms with Gasteiger partial charge >= 0.3 is 0 Å². The van der Waals surface area contributed by atoms with E-state index in [1.54, 1.807) is 23.9 Å². The van der Waals surface area contributed by atoms with Gasteiger partial charge in [-0.1, -0.05) is 17.8 Å². The smallest absolute Gasteiger partial charge is 0.227 e. The molecule has 1 aliphatic heterocycles. The van der Waals surface area contributed by atoms with Crippen LogP contribution in [-0.2, 0) is 16.6 Å². The molecule has 1 atom stereocenters. The Morgan fingerprint density at radius 1 is 1.48 bits per heavy atom. The van der Waals surface area contributed by atoms with E-state index in [9.17, 15) is 14.0 Å². The maximum absolute atomic E-state index is 13.3. The molecule has 8 nitrogen and oxygen atoms in total. The lowest BCUT2D eigenvalue weighted by Gasteiger charge is -2.16. The molecule has 0 spiro atoms. The summed E-state index contributed by atoms with van der Waals surface area (Å²) < 4.78 is 14.9. The van der Waals surface area contributed by atoms with Crippen LogP contribution in [0.25, 0.3) is 0 Å². The molecule has 1 aromatic carbocycles. The summed E-state index contributed by atoms with van der Waals surface area (Å²) in [7, 11) is 1.74. The highest BCUT2D eigenvalue weighted by atomic mass is 32.2. The minimum Gasteiger partial charge on any atom is -0.355 e. The van der Waals surface area contributed by atoms with Crippen molar-refractivity contribution in [1.29, 1.82) is 0 Å². The van der Waals surface area contributed by atoms with E-state index in [2.05, 4.69) is 20.8 Å². The van der Waals surface area contributed by atoms with Gasteiger partial charge in [-0.2, -0.15) is 0 Å². The third-order valence-corrected chi connectivity index (χ3v) is 4.84. The maximum Gasteiger partial charge on any atom is 0.227 e. The molecular formula is C15H17FN6O2S. The summed E-state index contributed by atoms with van der Waals surface area (Å²) in [5, 5.41) is 14.6. The second-order valence-corrected chi connectivity index (χ2v) is 6.67. The topological polar surface area (TPSA) is 93.0 Å². The van der Waals surface area contributed by atoms with E-state index in [0.29, 0.717) is 23.1 Å². The molecule has 2 heterocycles. The Balaban J connectivity index is 1.48. The van der Waals surface area contributed by atoms with E-state index >= 15 is 0 Å². The molecule has 1 aromatic heterocycles. The molecule has 132 valence electrons. The van der Waals surface area contributed by atoms with Crippen molar-refractivity contribution in [3.63, 3.8) is 0 Å². The number of rotatable bonds is 6. The van der Waals surface area contributed by atoms with E-state index in [-0.39, 0.29) is 24.8 Å². The lowest BCUT2D eigenvalue weighted by atomic mass is 10.1. The SMILES string of the molecule is Cn1nnnc1SCCNC(=O)C1CC(=O)N(c2cccc(F)c2)C1. The van der Waals surface area contributed by atoms with Crippen molar-refractivity contribution in [2.75, 3.05) is 23.7 Å². The maximum atomic E-state index is 13.3. The highest BCUT2D eigenvalue weighted by molar-refractivity contribution is 7.99. The van der Waals surface area contributed by atoms with Crippen molar-refractivity contribution in [3.8, 4) is 0 Å². The number of thioether (sulfide) groups is 1. The van der Waals surface area contributed by atoms with Crippen molar-refractivity contribution < 1.29 is 14.0 Å². The van der Waals surface area contributed by atoms with Gasteiger partial charge in [0, 0.05) is 38.0 Å². The highest BCUT2D eigenvalue weighted by Crippen LogP contribution is 2.25. The largest absolute Gasteiger partial charge is 0.355 e. The second kappa shape index (κ2) is 7.60. The number of aryl methyl sites for hydroxylation is 1. The predicted molar refractivity (Wildman–Crippen MR) is 89.4 cm³/mol. The zero-order valence-electron chi connectivity index (χ0n) is 13.6. The van der Waals surface area contributed by atoms with Gasteiger partial charge in [-0.25, -0.2) is 9.07 Å². The quantitative estimate of drug-likeness (QED) is 0.596. The van der Waals surface area contributed by atoms with Crippen molar-refractivity contribution in [1.82, 2.24) is 25.5 Å². The molecule has 0 saturated carbocycles. The van der Waals surface area contributed by atoms with Crippen molar-refractivity contribution >= 4 is 29.3 Å². The fraction of sp³-hybridized carbons (Fsp3) is 0.400. The average Bonchev–Trinajstić information content (AvgIpc) is 3.17. The first-order valence-electron chi connectivity index (χ1n) is 7.73. The lowest BCUT2D eigenvalue weighted by molar-refractivity contribution is -0.126. The number of benzene rings is 1. The van der Waals surface area contributed by atoms with Gasteiger partial charge in [0.15, 0.2) is 0 Å². The molecule has 1 fully saturated rings. The van der Waals surface area contributed by atoms with Crippen LogP contribution in [0, 0.1) is 11.7 Å². The van der Waals surface area contributed by atoms with Crippen LogP contribution in [-0.4, -0.2) is 50.9 Å². The monoisotopic (exact) mass is 364 g/mol. The Bertz CT molecular complexity index is 783. The van der Waals surface area contributed by atoms with Crippen molar-refractivity contribution in [3.05, 3.63) is 30.1 Å². The van der Waals surface area contributed by atoms with Crippen LogP contribution in [0.3, 0.4) is 0 Å². The molecule has 2 aromatic rings. The fourth-order valence-electron chi connectivity index (χ4n) is 2.58. The summed E-state index contributed by atoms with van der Waals surface area (Å²) in [6.07, 6.45) is 0.128. The van der Waals surface area contributed by atoms with E-state index in [0.717, 1.165) is 0 Å². The number of hydrogen-bond donors (Lipinski definition) is 1. The molecule has 0 bridgehead atoms. The summed E-state index contributed by atoms with van der Waals surface area (Å²) in [4.78, 5) is 25.8. The van der Waals surface area contributed by atoms with Crippen LogP contribution in [0.2, 0.25) is 0 Å². The van der Waals surface area contributed by atoms with Gasteiger partial charge in [-0.05, 0) is 28.6 Å². The number of aromatic nitrogens is 4. The lowest BCUT2D eigenvalue weighted by Crippen LogP contribution is -2.34. The van der Waals surface area contributed by atoms with Crippen LogP contribution in [0.4, 0.5) is 10.1 Å². The summed E-state index contributed by atoms with van der Waals surface area (Å²) in [6.45, 7) is 0.704. The van der Waals surface area contributed by atoms with Crippen LogP contribution in [0.1, 0.15) is 6.42 Å². The van der Waals surface area contributed by atoms with Crippen LogP contribution < -0.4 is 10.2 Å². The zero-order valence-corrected chi connectivity index (χ0v) is 14.4. The van der Waals surface area contributed by atoms with Gasteiger partial charge in [0.2, 0.25) is 17.0 Å². The van der Waals surface area contributed by atoms with Gasteiger partial charge in [0.25, 0.3) is 0 Å². The van der Waals surface area contributed by atoms with Crippen molar-refractivity contribution in [2.45, 2.75) is 11.6 Å². The van der Waals surface area contributed by atoms with Crippen LogP contribution in [0.5, 0.6) is 0 Å². The molecule has 10 heteroatoms. The number of halogens is 1. The molecule has 1 saturated heterocycles. The number of carbonyl (C=O) groups is 2. The molecule has 1 N–H and O–H groups in total. The van der Waals surface area contributed by atoms with Crippen LogP contribution >= 0.6 is 11.8 Å². The highest BCUT2D eigenvalue weighted by Gasteiger charge is 2.35. The Hall–Kier alpha value is -2.49. The second-order valence-electron chi connectivity index (χ2n) is 5.61. The first kappa shape index (κ1) is 17.3. The average molecular weight is 364 g/mol. The number of carbonyl (C=O) groups excluding carboxylic acids is 2. The molecule has 3 rings (SSSR count). The Labute approximate surface area is 147 Å². The number of tetrazole rings is 1. The van der Waals surface area contributed by atoms with E-state index in [1.807, 2.05) is 0 Å². The van der Waals surface area contributed by atoms with Gasteiger partial charge in [0.05, 0.1) is 5.92 Å². The van der Waals surface area contributed by atoms with Gasteiger partial charge in [-0.15, -0.1) is 5.10 Å². The predicted octanol–water partition coefficient (Wildman–Crippen LogP) is 0.611. The van der Waals surface area contributed by atoms with Crippen LogP contribution in [0.15, 0.2) is 29.4 Å². The first-order valence-corrected chi connectivity index (χ1v) is 8.72. The number of anilines is 1.